The summed E-state index contributed by atoms with van der Waals surface area (Å²) in [6.45, 7) is 8.88. The third kappa shape index (κ3) is 5.92. The molecule has 0 bridgehead atoms. The Morgan fingerprint density at radius 2 is 1.89 bits per heavy atom. The first-order valence-corrected chi connectivity index (χ1v) is 10.4. The maximum Gasteiger partial charge on any atom is 0.245 e. The number of hydrogen-bond acceptors (Lipinski definition) is 4. The van der Waals surface area contributed by atoms with Gasteiger partial charge in [-0.25, -0.2) is 0 Å². The van der Waals surface area contributed by atoms with Crippen LogP contribution in [0.3, 0.4) is 0 Å². The van der Waals surface area contributed by atoms with E-state index in [0.717, 1.165) is 32.2 Å². The van der Waals surface area contributed by atoms with Crippen LogP contribution in [0.2, 0.25) is 0 Å². The molecule has 2 aliphatic rings. The van der Waals surface area contributed by atoms with Crippen LogP contribution >= 0.6 is 0 Å². The molecule has 3 N–H and O–H groups in total. The van der Waals surface area contributed by atoms with Gasteiger partial charge in [0.2, 0.25) is 17.7 Å². The van der Waals surface area contributed by atoms with Crippen molar-refractivity contribution in [1.29, 1.82) is 0 Å². The van der Waals surface area contributed by atoms with E-state index in [1.807, 2.05) is 9.80 Å². The zero-order valence-electron chi connectivity index (χ0n) is 17.1. The van der Waals surface area contributed by atoms with E-state index >= 15 is 0 Å². The van der Waals surface area contributed by atoms with Gasteiger partial charge in [-0.15, -0.1) is 0 Å². The summed E-state index contributed by atoms with van der Waals surface area (Å²) in [5.41, 5.74) is 5.30. The lowest BCUT2D eigenvalue weighted by Crippen LogP contribution is -2.62. The molecule has 2 aliphatic heterocycles. The minimum Gasteiger partial charge on any atom is -0.370 e. The van der Waals surface area contributed by atoms with E-state index in [2.05, 4.69) is 26.1 Å². The van der Waals surface area contributed by atoms with Gasteiger partial charge in [-0.2, -0.15) is 0 Å². The van der Waals surface area contributed by atoms with Gasteiger partial charge in [0.25, 0.3) is 0 Å². The number of amides is 3. The topological polar surface area (TPSA) is 95.7 Å². The van der Waals surface area contributed by atoms with Crippen molar-refractivity contribution in [3.63, 3.8) is 0 Å². The number of likely N-dealkylation sites (tertiary alicyclic amines) is 1. The van der Waals surface area contributed by atoms with Gasteiger partial charge in [-0.05, 0) is 37.5 Å². The van der Waals surface area contributed by atoms with Gasteiger partial charge in [-0.3, -0.25) is 14.4 Å². The van der Waals surface area contributed by atoms with Crippen LogP contribution in [0.5, 0.6) is 0 Å². The lowest BCUT2D eigenvalue weighted by atomic mass is 9.92. The first kappa shape index (κ1) is 21.7. The molecular weight excluding hydrogens is 344 g/mol. The van der Waals surface area contributed by atoms with Gasteiger partial charge in [-0.1, -0.05) is 27.2 Å². The molecule has 7 nitrogen and oxygen atoms in total. The first-order valence-electron chi connectivity index (χ1n) is 10.4. The Morgan fingerprint density at radius 1 is 1.22 bits per heavy atom. The Kier molecular flexibility index (Phi) is 8.07. The maximum atomic E-state index is 13.2. The third-order valence-electron chi connectivity index (χ3n) is 5.67. The Morgan fingerprint density at radius 3 is 2.44 bits per heavy atom. The normalized spacial score (nSPS) is 23.0. The highest BCUT2D eigenvalue weighted by atomic mass is 16.2. The molecule has 3 amide bonds. The van der Waals surface area contributed by atoms with Gasteiger partial charge >= 0.3 is 0 Å². The van der Waals surface area contributed by atoms with Crippen LogP contribution in [0.1, 0.15) is 59.3 Å². The van der Waals surface area contributed by atoms with Gasteiger partial charge in [0.05, 0.1) is 6.04 Å². The van der Waals surface area contributed by atoms with Crippen LogP contribution in [-0.2, 0) is 14.4 Å². The molecule has 0 aliphatic carbocycles. The second kappa shape index (κ2) is 10.1. The molecule has 2 heterocycles. The first-order chi connectivity index (χ1) is 12.8. The van der Waals surface area contributed by atoms with Crippen molar-refractivity contribution in [3.05, 3.63) is 0 Å². The van der Waals surface area contributed by atoms with Crippen molar-refractivity contribution < 1.29 is 14.4 Å². The minimum atomic E-state index is -0.369. The molecule has 0 saturated carbocycles. The van der Waals surface area contributed by atoms with Gasteiger partial charge in [0, 0.05) is 32.6 Å². The number of nitrogens with zero attached hydrogens (tertiary/aromatic N) is 2. The Bertz CT molecular complexity index is 529. The second-order valence-corrected chi connectivity index (χ2v) is 8.41. The van der Waals surface area contributed by atoms with Crippen LogP contribution in [-0.4, -0.2) is 65.8 Å². The number of nitrogens with two attached hydrogens (primary N) is 1. The lowest BCUT2D eigenvalue weighted by molar-refractivity contribution is -0.150. The Labute approximate surface area is 163 Å². The van der Waals surface area contributed by atoms with Crippen molar-refractivity contribution in [1.82, 2.24) is 15.1 Å². The lowest BCUT2D eigenvalue weighted by Gasteiger charge is -2.41. The molecule has 2 fully saturated rings. The van der Waals surface area contributed by atoms with E-state index in [4.69, 9.17) is 5.73 Å². The fourth-order valence-electron chi connectivity index (χ4n) is 4.26. The number of carbonyl (C=O) groups is 3. The monoisotopic (exact) mass is 380 g/mol. The van der Waals surface area contributed by atoms with Gasteiger partial charge in [0.15, 0.2) is 0 Å². The predicted octanol–water partition coefficient (Wildman–Crippen LogP) is 1.12. The van der Waals surface area contributed by atoms with E-state index in [9.17, 15) is 14.4 Å². The average molecular weight is 381 g/mol. The summed E-state index contributed by atoms with van der Waals surface area (Å²) in [7, 11) is 0. The molecule has 2 saturated heterocycles. The number of carbonyl (C=O) groups excluding carboxylic acids is 3. The number of piperidine rings is 1. The Hall–Kier alpha value is -1.63. The molecule has 0 spiro atoms. The maximum absolute atomic E-state index is 13.2. The van der Waals surface area contributed by atoms with Crippen LogP contribution < -0.4 is 11.1 Å². The van der Waals surface area contributed by atoms with Crippen LogP contribution in [0.25, 0.3) is 0 Å². The number of nitrogens with one attached hydrogen (secondary N) is 1. The number of piperazine rings is 1. The van der Waals surface area contributed by atoms with E-state index in [-0.39, 0.29) is 35.7 Å². The highest BCUT2D eigenvalue weighted by Crippen LogP contribution is 2.23. The molecule has 0 aromatic carbocycles. The van der Waals surface area contributed by atoms with Crippen molar-refractivity contribution >= 4 is 17.7 Å². The number of primary amides is 1. The van der Waals surface area contributed by atoms with Crippen LogP contribution in [0, 0.1) is 11.8 Å². The molecular formula is C20H36N4O3. The fraction of sp³-hybridized carbons (Fsp3) is 0.850. The van der Waals surface area contributed by atoms with Crippen LogP contribution in [0.4, 0.5) is 0 Å². The largest absolute Gasteiger partial charge is 0.370 e. The van der Waals surface area contributed by atoms with E-state index in [0.29, 0.717) is 38.4 Å². The van der Waals surface area contributed by atoms with Crippen molar-refractivity contribution in [2.24, 2.45) is 17.6 Å². The number of rotatable bonds is 8. The molecule has 1 unspecified atom stereocenters. The summed E-state index contributed by atoms with van der Waals surface area (Å²) in [5, 5.41) is 3.31. The van der Waals surface area contributed by atoms with Gasteiger partial charge < -0.3 is 20.9 Å². The SMILES string of the molecule is CCCC(C(=O)N1CCC(CC(N)=O)CC1)N1CCN[C@@H](CC(C)C)C1=O. The summed E-state index contributed by atoms with van der Waals surface area (Å²) in [6.07, 6.45) is 4.35. The van der Waals surface area contributed by atoms with Crippen molar-refractivity contribution in [2.45, 2.75) is 71.4 Å². The third-order valence-corrected chi connectivity index (χ3v) is 5.67. The molecule has 0 radical (unpaired) electrons. The smallest absolute Gasteiger partial charge is 0.245 e. The average Bonchev–Trinajstić information content (AvgIpc) is 2.61. The van der Waals surface area contributed by atoms with Crippen molar-refractivity contribution in [2.75, 3.05) is 26.2 Å². The molecule has 0 aromatic rings. The molecule has 154 valence electrons. The molecule has 0 aromatic heterocycles. The van der Waals surface area contributed by atoms with Crippen LogP contribution in [0.15, 0.2) is 0 Å². The molecule has 2 atom stereocenters. The summed E-state index contributed by atoms with van der Waals surface area (Å²) in [6, 6.07) is -0.556. The van der Waals surface area contributed by atoms with E-state index in [1.54, 1.807) is 0 Å². The molecule has 27 heavy (non-hydrogen) atoms. The minimum absolute atomic E-state index is 0.0605. The summed E-state index contributed by atoms with van der Waals surface area (Å²) in [4.78, 5) is 41.0. The van der Waals surface area contributed by atoms with Crippen molar-refractivity contribution in [3.8, 4) is 0 Å². The summed E-state index contributed by atoms with van der Waals surface area (Å²) < 4.78 is 0. The zero-order chi connectivity index (χ0) is 20.0. The van der Waals surface area contributed by atoms with E-state index < -0.39 is 0 Å². The zero-order valence-corrected chi connectivity index (χ0v) is 17.1. The molecule has 2 rings (SSSR count). The number of hydrogen-bond donors (Lipinski definition) is 2. The summed E-state index contributed by atoms with van der Waals surface area (Å²) >= 11 is 0. The molecule has 7 heteroatoms. The highest BCUT2D eigenvalue weighted by Gasteiger charge is 2.38. The predicted molar refractivity (Wildman–Crippen MR) is 105 cm³/mol. The second-order valence-electron chi connectivity index (χ2n) is 8.41. The highest BCUT2D eigenvalue weighted by molar-refractivity contribution is 5.90. The fourth-order valence-corrected chi connectivity index (χ4v) is 4.26. The standard InChI is InChI=1S/C20H36N4O3/c1-4-5-17(24-11-8-22-16(19(24)26)12-14(2)3)20(27)23-9-6-15(7-10-23)13-18(21)25/h14-17,22H,4-13H2,1-3H3,(H2,21,25)/t16-,17?/m0/s1. The summed E-state index contributed by atoms with van der Waals surface area (Å²) in [5.74, 6) is 0.549. The van der Waals surface area contributed by atoms with E-state index in [1.165, 1.54) is 0 Å². The quantitative estimate of drug-likeness (QED) is 0.659. The Balaban J connectivity index is 2.02. The van der Waals surface area contributed by atoms with Gasteiger partial charge in [0.1, 0.15) is 6.04 Å².